The fourth-order valence-corrected chi connectivity index (χ4v) is 3.06. The average Bonchev–Trinajstić information content (AvgIpc) is 2.48. The second-order valence-corrected chi connectivity index (χ2v) is 6.93. The lowest BCUT2D eigenvalue weighted by Gasteiger charge is -2.41. The topological polar surface area (TPSA) is 47.0 Å². The number of aryl methyl sites for hydroxylation is 1. The first-order valence-corrected chi connectivity index (χ1v) is 8.06. The van der Waals surface area contributed by atoms with Gasteiger partial charge in [0.1, 0.15) is 11.4 Å². The molecule has 1 aliphatic rings. The van der Waals surface area contributed by atoms with Gasteiger partial charge < -0.3 is 10.1 Å². The van der Waals surface area contributed by atoms with Crippen LogP contribution in [0.4, 0.5) is 5.82 Å². The minimum absolute atomic E-state index is 0.315. The third-order valence-corrected chi connectivity index (χ3v) is 4.75. The number of nitrogens with one attached hydrogen (secondary N) is 1. The highest BCUT2D eigenvalue weighted by Gasteiger charge is 2.42. The maximum atomic E-state index is 5.94. The van der Waals surface area contributed by atoms with Gasteiger partial charge in [-0.05, 0) is 37.5 Å². The summed E-state index contributed by atoms with van der Waals surface area (Å²) < 4.78 is 5.94. The van der Waals surface area contributed by atoms with Gasteiger partial charge in [0, 0.05) is 25.9 Å². The average molecular weight is 291 g/mol. The van der Waals surface area contributed by atoms with Crippen molar-refractivity contribution in [2.45, 2.75) is 64.9 Å². The molecule has 21 heavy (non-hydrogen) atoms. The van der Waals surface area contributed by atoms with Gasteiger partial charge in [-0.15, -0.1) is 0 Å². The van der Waals surface area contributed by atoms with Gasteiger partial charge in [0.25, 0.3) is 0 Å². The van der Waals surface area contributed by atoms with Crippen molar-refractivity contribution in [3.05, 3.63) is 17.6 Å². The molecular weight excluding hydrogens is 262 g/mol. The maximum absolute atomic E-state index is 5.94. The summed E-state index contributed by atoms with van der Waals surface area (Å²) in [5.74, 6) is 1.75. The minimum atomic E-state index is -0.315. The molecule has 1 N–H and O–H groups in total. The number of anilines is 1. The highest BCUT2D eigenvalue weighted by molar-refractivity contribution is 5.36. The van der Waals surface area contributed by atoms with Crippen LogP contribution in [-0.2, 0) is 16.8 Å². The molecular formula is C17H29N3O. The van der Waals surface area contributed by atoms with Crippen molar-refractivity contribution in [1.82, 2.24) is 9.97 Å². The van der Waals surface area contributed by atoms with E-state index in [0.717, 1.165) is 55.9 Å². The molecule has 0 aromatic carbocycles. The van der Waals surface area contributed by atoms with Crippen LogP contribution in [0.2, 0.25) is 0 Å². The van der Waals surface area contributed by atoms with Crippen LogP contribution >= 0.6 is 0 Å². The molecule has 0 bridgehead atoms. The van der Waals surface area contributed by atoms with Gasteiger partial charge in [-0.25, -0.2) is 9.97 Å². The smallest absolute Gasteiger partial charge is 0.162 e. The SMILES string of the molecule is CCCc1cc(NC)nc(C2(OC)CCC(C)(C)CC2)n1. The lowest BCUT2D eigenvalue weighted by atomic mass is 9.70. The van der Waals surface area contributed by atoms with E-state index >= 15 is 0 Å². The number of hydrogen-bond acceptors (Lipinski definition) is 4. The van der Waals surface area contributed by atoms with E-state index in [1.54, 1.807) is 7.11 Å². The van der Waals surface area contributed by atoms with Gasteiger partial charge in [-0.2, -0.15) is 0 Å². The molecule has 118 valence electrons. The van der Waals surface area contributed by atoms with Crippen molar-refractivity contribution >= 4 is 5.82 Å². The zero-order chi connectivity index (χ0) is 15.5. The van der Waals surface area contributed by atoms with Gasteiger partial charge in [0.15, 0.2) is 5.82 Å². The molecule has 0 aliphatic heterocycles. The molecule has 1 aliphatic carbocycles. The number of rotatable bonds is 5. The van der Waals surface area contributed by atoms with Crippen LogP contribution in [0.25, 0.3) is 0 Å². The Bertz CT molecular complexity index is 475. The van der Waals surface area contributed by atoms with Crippen LogP contribution in [0.3, 0.4) is 0 Å². The molecule has 1 aromatic heterocycles. The van der Waals surface area contributed by atoms with Gasteiger partial charge in [0.05, 0.1) is 0 Å². The van der Waals surface area contributed by atoms with E-state index in [1.807, 2.05) is 13.1 Å². The van der Waals surface area contributed by atoms with E-state index in [1.165, 1.54) is 0 Å². The molecule has 0 radical (unpaired) electrons. The Morgan fingerprint density at radius 2 is 1.86 bits per heavy atom. The molecule has 2 rings (SSSR count). The maximum Gasteiger partial charge on any atom is 0.162 e. The van der Waals surface area contributed by atoms with Gasteiger partial charge in [0.2, 0.25) is 0 Å². The predicted molar refractivity (Wildman–Crippen MR) is 86.5 cm³/mol. The van der Waals surface area contributed by atoms with Crippen LogP contribution < -0.4 is 5.32 Å². The summed E-state index contributed by atoms with van der Waals surface area (Å²) in [6.07, 6.45) is 6.36. The fourth-order valence-electron chi connectivity index (χ4n) is 3.06. The summed E-state index contributed by atoms with van der Waals surface area (Å²) in [6.45, 7) is 6.84. The Balaban J connectivity index is 2.35. The summed E-state index contributed by atoms with van der Waals surface area (Å²) >= 11 is 0. The molecule has 0 unspecified atom stereocenters. The van der Waals surface area contributed by atoms with Crippen molar-refractivity contribution < 1.29 is 4.74 Å². The van der Waals surface area contributed by atoms with Crippen LogP contribution in [-0.4, -0.2) is 24.1 Å². The molecule has 1 fully saturated rings. The van der Waals surface area contributed by atoms with Crippen LogP contribution in [0.5, 0.6) is 0 Å². The number of hydrogen-bond donors (Lipinski definition) is 1. The second-order valence-electron chi connectivity index (χ2n) is 6.93. The summed E-state index contributed by atoms with van der Waals surface area (Å²) in [6, 6.07) is 2.04. The second kappa shape index (κ2) is 6.30. The summed E-state index contributed by atoms with van der Waals surface area (Å²) in [4.78, 5) is 9.51. The van der Waals surface area contributed by atoms with Crippen molar-refractivity contribution in [3.8, 4) is 0 Å². The van der Waals surface area contributed by atoms with E-state index < -0.39 is 0 Å². The molecule has 0 spiro atoms. The Morgan fingerprint density at radius 1 is 1.19 bits per heavy atom. The molecule has 0 amide bonds. The van der Waals surface area contributed by atoms with Crippen LogP contribution in [0.15, 0.2) is 6.07 Å². The normalized spacial score (nSPS) is 20.2. The third-order valence-electron chi connectivity index (χ3n) is 4.75. The Labute approximate surface area is 128 Å². The molecule has 4 nitrogen and oxygen atoms in total. The van der Waals surface area contributed by atoms with Crippen molar-refractivity contribution in [2.75, 3.05) is 19.5 Å². The Hall–Kier alpha value is -1.16. The zero-order valence-electron chi connectivity index (χ0n) is 14.1. The predicted octanol–water partition coefficient (Wildman–Crippen LogP) is 3.91. The number of ether oxygens (including phenoxy) is 1. The Kier molecular flexibility index (Phi) is 4.87. The molecule has 4 heteroatoms. The molecule has 1 aromatic rings. The highest BCUT2D eigenvalue weighted by Crippen LogP contribution is 2.46. The quantitative estimate of drug-likeness (QED) is 0.893. The zero-order valence-corrected chi connectivity index (χ0v) is 14.1. The van der Waals surface area contributed by atoms with E-state index in [0.29, 0.717) is 5.41 Å². The first kappa shape index (κ1) is 16.2. The number of methoxy groups -OCH3 is 1. The van der Waals surface area contributed by atoms with Gasteiger partial charge >= 0.3 is 0 Å². The largest absolute Gasteiger partial charge is 0.373 e. The molecule has 0 saturated heterocycles. The van der Waals surface area contributed by atoms with Crippen molar-refractivity contribution in [1.29, 1.82) is 0 Å². The van der Waals surface area contributed by atoms with E-state index in [4.69, 9.17) is 14.7 Å². The summed E-state index contributed by atoms with van der Waals surface area (Å²) in [7, 11) is 3.71. The fraction of sp³-hybridized carbons (Fsp3) is 0.765. The first-order valence-electron chi connectivity index (χ1n) is 8.06. The Morgan fingerprint density at radius 3 is 2.38 bits per heavy atom. The molecule has 0 atom stereocenters. The highest BCUT2D eigenvalue weighted by atomic mass is 16.5. The molecule has 1 heterocycles. The van der Waals surface area contributed by atoms with E-state index in [9.17, 15) is 0 Å². The number of nitrogens with zero attached hydrogens (tertiary/aromatic N) is 2. The minimum Gasteiger partial charge on any atom is -0.373 e. The van der Waals surface area contributed by atoms with Crippen LogP contribution in [0, 0.1) is 5.41 Å². The van der Waals surface area contributed by atoms with E-state index in [-0.39, 0.29) is 5.60 Å². The van der Waals surface area contributed by atoms with Gasteiger partial charge in [-0.1, -0.05) is 27.2 Å². The summed E-state index contributed by atoms with van der Waals surface area (Å²) in [5, 5.41) is 3.16. The van der Waals surface area contributed by atoms with Crippen molar-refractivity contribution in [2.24, 2.45) is 5.41 Å². The standard InChI is InChI=1S/C17H29N3O/c1-6-7-13-12-14(18-4)20-15(19-13)17(21-5)10-8-16(2,3)9-11-17/h12H,6-11H2,1-5H3,(H,18,19,20). The lowest BCUT2D eigenvalue weighted by Crippen LogP contribution is -2.38. The third kappa shape index (κ3) is 3.54. The monoisotopic (exact) mass is 291 g/mol. The number of aromatic nitrogens is 2. The van der Waals surface area contributed by atoms with Crippen molar-refractivity contribution in [3.63, 3.8) is 0 Å². The summed E-state index contributed by atoms with van der Waals surface area (Å²) in [5.41, 5.74) is 1.19. The van der Waals surface area contributed by atoms with Gasteiger partial charge in [-0.3, -0.25) is 0 Å². The van der Waals surface area contributed by atoms with E-state index in [2.05, 4.69) is 26.1 Å². The van der Waals surface area contributed by atoms with Crippen LogP contribution in [0.1, 0.15) is 64.4 Å². The first-order chi connectivity index (χ1) is 9.94. The molecule has 1 saturated carbocycles. The lowest BCUT2D eigenvalue weighted by molar-refractivity contribution is -0.0729.